The second-order valence-electron chi connectivity index (χ2n) is 13.6. The molecule has 1 atom stereocenters. The molecule has 1 aromatic heterocycles. The summed E-state index contributed by atoms with van der Waals surface area (Å²) in [5.41, 5.74) is 7.19. The standard InChI is InChI=1S/C43H61N6O2S2/c1-9-37(35(2)32-44-3)22-23-39-17-11-13-19-41(39)47(6)27-15-29-49(8)43(51)34-53-52-33-42(50)48(7)28-14-26-46(5)40-18-12-10-16-38(40)21-20-36-24-30-45(4)31-25-36/h9-13,16-25,30-31,35,44H,14-15,26-29,32-34H2,1-8H3/q+1/p+1. The largest absolute Gasteiger partial charge is 0.374 e. The van der Waals surface area contributed by atoms with Crippen molar-refractivity contribution < 1.29 is 19.5 Å². The summed E-state index contributed by atoms with van der Waals surface area (Å²) in [4.78, 5) is 33.8. The number of anilines is 2. The minimum atomic E-state index is 0.0830. The van der Waals surface area contributed by atoms with Gasteiger partial charge in [-0.15, -0.1) is 0 Å². The predicted octanol–water partition coefficient (Wildman–Crippen LogP) is 6.12. The van der Waals surface area contributed by atoms with Gasteiger partial charge in [0.05, 0.1) is 25.1 Å². The molecule has 0 fully saturated rings. The molecule has 0 saturated carbocycles. The maximum absolute atomic E-state index is 12.8. The van der Waals surface area contributed by atoms with Crippen molar-refractivity contribution in [3.8, 4) is 0 Å². The topological polar surface area (TPSA) is 67.6 Å². The molecule has 3 rings (SSSR count). The summed E-state index contributed by atoms with van der Waals surface area (Å²) in [6.45, 7) is 8.47. The monoisotopic (exact) mass is 758 g/mol. The number of carbonyl (C=O) groups excluding carboxylic acids is 2. The molecule has 1 heterocycles. The van der Waals surface area contributed by atoms with Crippen LogP contribution < -0.4 is 19.7 Å². The number of carbonyl (C=O) groups is 2. The molecular weight excluding hydrogens is 697 g/mol. The Kier molecular flexibility index (Phi) is 19.4. The summed E-state index contributed by atoms with van der Waals surface area (Å²) in [7, 11) is 15.0. The van der Waals surface area contributed by atoms with Gasteiger partial charge in [-0.05, 0) is 54.2 Å². The molecule has 53 heavy (non-hydrogen) atoms. The summed E-state index contributed by atoms with van der Waals surface area (Å²) in [5.74, 6) is 1.36. The van der Waals surface area contributed by atoms with Crippen LogP contribution >= 0.6 is 21.6 Å². The van der Waals surface area contributed by atoms with E-state index in [0.29, 0.717) is 30.5 Å². The summed E-state index contributed by atoms with van der Waals surface area (Å²) in [6.07, 6.45) is 16.8. The van der Waals surface area contributed by atoms with Crippen LogP contribution in [0.4, 0.5) is 11.4 Å². The van der Waals surface area contributed by atoms with Gasteiger partial charge in [0.1, 0.15) is 7.05 Å². The van der Waals surface area contributed by atoms with E-state index in [9.17, 15) is 9.59 Å². The third-order valence-corrected chi connectivity index (χ3v) is 11.5. The first-order valence-corrected chi connectivity index (χ1v) is 21.1. The highest BCUT2D eigenvalue weighted by atomic mass is 33.1. The Morgan fingerprint density at radius 2 is 1.23 bits per heavy atom. The van der Waals surface area contributed by atoms with Gasteiger partial charge in [-0.1, -0.05) is 95.3 Å². The minimum Gasteiger partial charge on any atom is -0.374 e. The number of hydrogen-bond acceptors (Lipinski definition) is 6. The first-order chi connectivity index (χ1) is 25.5. The van der Waals surface area contributed by atoms with E-state index in [1.165, 1.54) is 38.4 Å². The van der Waals surface area contributed by atoms with Crippen molar-refractivity contribution >= 4 is 63.0 Å². The highest BCUT2D eigenvalue weighted by Gasteiger charge is 2.14. The number of allylic oxidation sites excluding steroid dienone is 2. The van der Waals surface area contributed by atoms with Crippen LogP contribution in [0, 0.1) is 5.92 Å². The zero-order valence-electron chi connectivity index (χ0n) is 33.2. The van der Waals surface area contributed by atoms with Gasteiger partial charge in [-0.3, -0.25) is 9.59 Å². The molecule has 2 aromatic carbocycles. The second-order valence-corrected chi connectivity index (χ2v) is 16.1. The van der Waals surface area contributed by atoms with E-state index in [1.807, 2.05) is 38.1 Å². The number of nitrogens with zero attached hydrogens (tertiary/aromatic N) is 5. The van der Waals surface area contributed by atoms with E-state index in [-0.39, 0.29) is 11.8 Å². The number of pyridine rings is 1. The maximum atomic E-state index is 12.8. The van der Waals surface area contributed by atoms with Gasteiger partial charge in [0.2, 0.25) is 11.8 Å². The number of benzene rings is 2. The first-order valence-electron chi connectivity index (χ1n) is 18.6. The lowest BCUT2D eigenvalue weighted by Gasteiger charge is -2.24. The lowest BCUT2D eigenvalue weighted by atomic mass is 9.99. The molecule has 0 saturated heterocycles. The zero-order chi connectivity index (χ0) is 38.6. The number of aryl methyl sites for hydroxylation is 1. The summed E-state index contributed by atoms with van der Waals surface area (Å²) >= 11 is 0. The van der Waals surface area contributed by atoms with Crippen LogP contribution in [0.1, 0.15) is 43.4 Å². The summed E-state index contributed by atoms with van der Waals surface area (Å²) in [6, 6.07) is 21.1. The molecule has 0 aliphatic heterocycles. The molecule has 1 unspecified atom stereocenters. The highest BCUT2D eigenvalue weighted by Crippen LogP contribution is 2.25. The van der Waals surface area contributed by atoms with Crippen LogP contribution in [-0.4, -0.2) is 101 Å². The Hall–Kier alpha value is -3.99. The zero-order valence-corrected chi connectivity index (χ0v) is 34.8. The molecule has 0 aliphatic carbocycles. The van der Waals surface area contributed by atoms with Gasteiger partial charge in [0.15, 0.2) is 12.4 Å². The Labute approximate surface area is 327 Å². The van der Waals surface area contributed by atoms with Crippen molar-refractivity contribution in [3.05, 3.63) is 107 Å². The van der Waals surface area contributed by atoms with Gasteiger partial charge in [-0.2, -0.15) is 0 Å². The van der Waals surface area contributed by atoms with E-state index >= 15 is 0 Å². The van der Waals surface area contributed by atoms with Gasteiger partial charge in [0, 0.05) is 83.8 Å². The van der Waals surface area contributed by atoms with E-state index in [0.717, 1.165) is 49.3 Å². The number of nitrogens with two attached hydrogens (primary N) is 1. The van der Waals surface area contributed by atoms with Crippen LogP contribution in [0.15, 0.2) is 90.8 Å². The van der Waals surface area contributed by atoms with Crippen molar-refractivity contribution in [2.75, 3.05) is 89.3 Å². The molecule has 10 heteroatoms. The van der Waals surface area contributed by atoms with Crippen LogP contribution in [0.2, 0.25) is 0 Å². The normalized spacial score (nSPS) is 12.3. The van der Waals surface area contributed by atoms with E-state index in [4.69, 9.17) is 0 Å². The summed E-state index contributed by atoms with van der Waals surface area (Å²) in [5, 5.41) is 2.22. The number of quaternary nitrogens is 1. The van der Waals surface area contributed by atoms with E-state index in [1.54, 1.807) is 9.80 Å². The molecular formula is C43H62N6O2S2+2. The molecule has 2 N–H and O–H groups in total. The van der Waals surface area contributed by atoms with Crippen LogP contribution in [-0.2, 0) is 16.6 Å². The van der Waals surface area contributed by atoms with E-state index < -0.39 is 0 Å². The van der Waals surface area contributed by atoms with E-state index in [2.05, 4.69) is 141 Å². The fraction of sp³-hybridized carbons (Fsp3) is 0.419. The molecule has 0 spiro atoms. The third-order valence-electron chi connectivity index (χ3n) is 9.38. The average Bonchev–Trinajstić information content (AvgIpc) is 3.16. The molecule has 0 radical (unpaired) electrons. The number of aromatic nitrogens is 1. The summed E-state index contributed by atoms with van der Waals surface area (Å²) < 4.78 is 2.02. The fourth-order valence-corrected chi connectivity index (χ4v) is 7.88. The first kappa shape index (κ1) is 43.4. The van der Waals surface area contributed by atoms with Crippen molar-refractivity contribution in [1.82, 2.24) is 9.80 Å². The second kappa shape index (κ2) is 23.6. The Morgan fingerprint density at radius 1 is 0.736 bits per heavy atom. The Balaban J connectivity index is 1.34. The van der Waals surface area contributed by atoms with Crippen LogP contribution in [0.25, 0.3) is 18.2 Å². The number of hydrogen-bond donors (Lipinski definition) is 1. The van der Waals surface area contributed by atoms with Crippen molar-refractivity contribution in [3.63, 3.8) is 0 Å². The lowest BCUT2D eigenvalue weighted by Crippen LogP contribution is -2.81. The number of para-hydroxylation sites is 2. The lowest BCUT2D eigenvalue weighted by molar-refractivity contribution is -0.671. The predicted molar refractivity (Wildman–Crippen MR) is 230 cm³/mol. The van der Waals surface area contributed by atoms with Gasteiger partial charge >= 0.3 is 0 Å². The van der Waals surface area contributed by atoms with Crippen molar-refractivity contribution in [2.24, 2.45) is 13.0 Å². The Morgan fingerprint density at radius 3 is 1.72 bits per heavy atom. The van der Waals surface area contributed by atoms with Crippen molar-refractivity contribution in [2.45, 2.75) is 26.7 Å². The average molecular weight is 759 g/mol. The maximum Gasteiger partial charge on any atom is 0.233 e. The Bertz CT molecular complexity index is 1660. The quantitative estimate of drug-likeness (QED) is 0.0577. The van der Waals surface area contributed by atoms with Gasteiger partial charge in [-0.25, -0.2) is 4.57 Å². The smallest absolute Gasteiger partial charge is 0.233 e. The molecule has 286 valence electrons. The van der Waals surface area contributed by atoms with Crippen LogP contribution in [0.5, 0.6) is 0 Å². The molecule has 0 aliphatic rings. The number of rotatable bonds is 22. The van der Waals surface area contributed by atoms with Gasteiger partial charge in [0.25, 0.3) is 0 Å². The van der Waals surface area contributed by atoms with Crippen molar-refractivity contribution in [1.29, 1.82) is 0 Å². The molecule has 0 bridgehead atoms. The molecule has 2 amide bonds. The SMILES string of the molecule is CC=C(C=Cc1ccccc1N(C)CCCN(C)C(=O)CSSCC(=O)N(C)CCCN(C)c1ccccc1C=Cc1cc[n+](C)cc1)C(C)C[NH2+]C. The third kappa shape index (κ3) is 15.1. The van der Waals surface area contributed by atoms with Crippen LogP contribution in [0.3, 0.4) is 0 Å². The highest BCUT2D eigenvalue weighted by molar-refractivity contribution is 8.77. The molecule has 8 nitrogen and oxygen atoms in total. The molecule has 3 aromatic rings. The van der Waals surface area contributed by atoms with Gasteiger partial charge < -0.3 is 24.9 Å². The fourth-order valence-electron chi connectivity index (χ4n) is 5.97. The minimum absolute atomic E-state index is 0.0830. The number of amides is 2.